The number of hydrogen-bond donors (Lipinski definition) is 1. The van der Waals surface area contributed by atoms with Gasteiger partial charge in [-0.3, -0.25) is 4.79 Å². The lowest BCUT2D eigenvalue weighted by Gasteiger charge is -2.34. The number of nitrogens with zero attached hydrogens (tertiary/aromatic N) is 2. The molecule has 1 N–H and O–H groups in total. The highest BCUT2D eigenvalue weighted by Crippen LogP contribution is 2.37. The molecular formula is C22H31N3O4. The Balaban J connectivity index is 1.87. The van der Waals surface area contributed by atoms with Crippen LogP contribution in [0.15, 0.2) is 22.7 Å². The number of aromatic nitrogens is 2. The molecule has 1 aliphatic carbocycles. The Kier molecular flexibility index (Phi) is 6.77. The quantitative estimate of drug-likeness (QED) is 0.697. The zero-order valence-electron chi connectivity index (χ0n) is 17.8. The standard InChI is InChI=1S/C22H31N3O4/c1-5-27-17-11-10-16(14-18(17)28-6-2)20(26)24-22(12-8-7-9-13-22)21-23-19(15(3)4)25-29-21/h10-11,14-15H,5-9,12-13H2,1-4H3,(H,24,26). The van der Waals surface area contributed by atoms with Crippen molar-refractivity contribution < 1.29 is 18.8 Å². The number of carbonyl (C=O) groups is 1. The molecule has 3 rings (SSSR count). The molecular weight excluding hydrogens is 370 g/mol. The highest BCUT2D eigenvalue weighted by molar-refractivity contribution is 5.95. The molecule has 158 valence electrons. The van der Waals surface area contributed by atoms with Crippen molar-refractivity contribution in [3.8, 4) is 11.5 Å². The fourth-order valence-electron chi connectivity index (χ4n) is 3.69. The Bertz CT molecular complexity index is 825. The van der Waals surface area contributed by atoms with Gasteiger partial charge in [0.05, 0.1) is 13.2 Å². The van der Waals surface area contributed by atoms with Crippen molar-refractivity contribution in [2.24, 2.45) is 0 Å². The van der Waals surface area contributed by atoms with Gasteiger partial charge in [-0.25, -0.2) is 0 Å². The van der Waals surface area contributed by atoms with Gasteiger partial charge < -0.3 is 19.3 Å². The van der Waals surface area contributed by atoms with E-state index in [0.717, 1.165) is 32.1 Å². The molecule has 1 aliphatic rings. The summed E-state index contributed by atoms with van der Waals surface area (Å²) in [5.74, 6) is 2.37. The molecule has 0 unspecified atom stereocenters. The van der Waals surface area contributed by atoms with Gasteiger partial charge in [0, 0.05) is 11.5 Å². The summed E-state index contributed by atoms with van der Waals surface area (Å²) in [7, 11) is 0. The Morgan fingerprint density at radius 1 is 1.14 bits per heavy atom. The van der Waals surface area contributed by atoms with Crippen molar-refractivity contribution in [2.75, 3.05) is 13.2 Å². The average Bonchev–Trinajstić information content (AvgIpc) is 3.22. The summed E-state index contributed by atoms with van der Waals surface area (Å²) in [6.07, 6.45) is 4.72. The predicted octanol–water partition coefficient (Wildman–Crippen LogP) is 4.58. The summed E-state index contributed by atoms with van der Waals surface area (Å²) in [5.41, 5.74) is -0.106. The van der Waals surface area contributed by atoms with Crippen molar-refractivity contribution >= 4 is 5.91 Å². The Hall–Kier alpha value is -2.57. The van der Waals surface area contributed by atoms with Crippen LogP contribution in [0.3, 0.4) is 0 Å². The summed E-state index contributed by atoms with van der Waals surface area (Å²) in [5, 5.41) is 7.32. The van der Waals surface area contributed by atoms with E-state index in [-0.39, 0.29) is 11.8 Å². The second-order valence-corrected chi connectivity index (χ2v) is 7.74. The zero-order valence-corrected chi connectivity index (χ0v) is 17.8. The van der Waals surface area contributed by atoms with Gasteiger partial charge in [0.1, 0.15) is 5.54 Å². The van der Waals surface area contributed by atoms with E-state index in [2.05, 4.69) is 15.5 Å². The first-order valence-corrected chi connectivity index (χ1v) is 10.5. The van der Waals surface area contributed by atoms with E-state index < -0.39 is 5.54 Å². The van der Waals surface area contributed by atoms with Crippen LogP contribution in [0.25, 0.3) is 0 Å². The van der Waals surface area contributed by atoms with Gasteiger partial charge in [-0.05, 0) is 44.9 Å². The lowest BCUT2D eigenvalue weighted by molar-refractivity contribution is 0.0824. The van der Waals surface area contributed by atoms with E-state index in [1.807, 2.05) is 27.7 Å². The van der Waals surface area contributed by atoms with Gasteiger partial charge in [0.15, 0.2) is 17.3 Å². The van der Waals surface area contributed by atoms with Gasteiger partial charge in [-0.1, -0.05) is 38.3 Å². The first kappa shape index (κ1) is 21.1. The summed E-state index contributed by atoms with van der Waals surface area (Å²) >= 11 is 0. The van der Waals surface area contributed by atoms with Crippen molar-refractivity contribution in [2.45, 2.75) is 71.3 Å². The summed E-state index contributed by atoms with van der Waals surface area (Å²) in [6, 6.07) is 5.26. The molecule has 7 heteroatoms. The second-order valence-electron chi connectivity index (χ2n) is 7.74. The molecule has 1 fully saturated rings. The van der Waals surface area contributed by atoms with Crippen LogP contribution in [-0.2, 0) is 5.54 Å². The number of hydrogen-bond acceptors (Lipinski definition) is 6. The van der Waals surface area contributed by atoms with Crippen LogP contribution in [0, 0.1) is 0 Å². The lowest BCUT2D eigenvalue weighted by atomic mass is 9.81. The highest BCUT2D eigenvalue weighted by atomic mass is 16.5. The average molecular weight is 402 g/mol. The molecule has 7 nitrogen and oxygen atoms in total. The maximum atomic E-state index is 13.2. The summed E-state index contributed by atoms with van der Waals surface area (Å²) in [4.78, 5) is 17.8. The minimum absolute atomic E-state index is 0.170. The maximum absolute atomic E-state index is 13.2. The van der Waals surface area contributed by atoms with Crippen molar-refractivity contribution in [1.29, 1.82) is 0 Å². The first-order valence-electron chi connectivity index (χ1n) is 10.5. The molecule has 2 aromatic rings. The van der Waals surface area contributed by atoms with Gasteiger partial charge in [-0.2, -0.15) is 4.98 Å². The smallest absolute Gasteiger partial charge is 0.252 e. The fourth-order valence-corrected chi connectivity index (χ4v) is 3.69. The minimum atomic E-state index is -0.625. The van der Waals surface area contributed by atoms with E-state index in [0.29, 0.717) is 42.0 Å². The van der Waals surface area contributed by atoms with E-state index in [1.165, 1.54) is 0 Å². The summed E-state index contributed by atoms with van der Waals surface area (Å²) in [6.45, 7) is 8.89. The van der Waals surface area contributed by atoms with E-state index >= 15 is 0 Å². The number of nitrogens with one attached hydrogen (secondary N) is 1. The van der Waals surface area contributed by atoms with Crippen LogP contribution >= 0.6 is 0 Å². The van der Waals surface area contributed by atoms with Crippen molar-refractivity contribution in [1.82, 2.24) is 15.5 Å². The van der Waals surface area contributed by atoms with Crippen LogP contribution in [0.5, 0.6) is 11.5 Å². The van der Waals surface area contributed by atoms with E-state index in [1.54, 1.807) is 18.2 Å². The molecule has 1 aromatic carbocycles. The largest absolute Gasteiger partial charge is 0.490 e. The van der Waals surface area contributed by atoms with Crippen LogP contribution in [0.4, 0.5) is 0 Å². The second kappa shape index (κ2) is 9.29. The third kappa shape index (κ3) is 4.71. The third-order valence-electron chi connectivity index (χ3n) is 5.23. The molecule has 29 heavy (non-hydrogen) atoms. The third-order valence-corrected chi connectivity index (χ3v) is 5.23. The lowest BCUT2D eigenvalue weighted by Crippen LogP contribution is -2.47. The number of ether oxygens (including phenoxy) is 2. The molecule has 1 amide bonds. The number of amides is 1. The molecule has 0 aliphatic heterocycles. The fraction of sp³-hybridized carbons (Fsp3) is 0.591. The van der Waals surface area contributed by atoms with Crippen LogP contribution < -0.4 is 14.8 Å². The number of carbonyl (C=O) groups excluding carboxylic acids is 1. The minimum Gasteiger partial charge on any atom is -0.490 e. The van der Waals surface area contributed by atoms with Gasteiger partial charge in [-0.15, -0.1) is 0 Å². The van der Waals surface area contributed by atoms with Crippen LogP contribution in [-0.4, -0.2) is 29.3 Å². The SMILES string of the molecule is CCOc1ccc(C(=O)NC2(c3nc(C(C)C)no3)CCCCC2)cc1OCC. The predicted molar refractivity (Wildman–Crippen MR) is 109 cm³/mol. The Morgan fingerprint density at radius 2 is 1.83 bits per heavy atom. The molecule has 0 radical (unpaired) electrons. The number of rotatable bonds is 8. The molecule has 0 saturated heterocycles. The molecule has 1 aromatic heterocycles. The molecule has 0 bridgehead atoms. The van der Waals surface area contributed by atoms with Gasteiger partial charge >= 0.3 is 0 Å². The van der Waals surface area contributed by atoms with Gasteiger partial charge in [0.2, 0.25) is 0 Å². The highest BCUT2D eigenvalue weighted by Gasteiger charge is 2.41. The Labute approximate surface area is 172 Å². The van der Waals surface area contributed by atoms with Crippen LogP contribution in [0.1, 0.15) is 87.8 Å². The van der Waals surface area contributed by atoms with Crippen molar-refractivity contribution in [3.63, 3.8) is 0 Å². The van der Waals surface area contributed by atoms with E-state index in [4.69, 9.17) is 14.0 Å². The summed E-state index contributed by atoms with van der Waals surface area (Å²) < 4.78 is 16.9. The molecule has 1 heterocycles. The monoisotopic (exact) mass is 401 g/mol. The maximum Gasteiger partial charge on any atom is 0.252 e. The topological polar surface area (TPSA) is 86.5 Å². The van der Waals surface area contributed by atoms with Crippen molar-refractivity contribution in [3.05, 3.63) is 35.5 Å². The molecule has 0 atom stereocenters. The van der Waals surface area contributed by atoms with Crippen LogP contribution in [0.2, 0.25) is 0 Å². The number of benzene rings is 1. The van der Waals surface area contributed by atoms with E-state index in [9.17, 15) is 4.79 Å². The normalized spacial score (nSPS) is 15.9. The van der Waals surface area contributed by atoms with Gasteiger partial charge in [0.25, 0.3) is 11.8 Å². The first-order chi connectivity index (χ1) is 14.0. The molecule has 0 spiro atoms. The Morgan fingerprint density at radius 3 is 2.45 bits per heavy atom. The zero-order chi connectivity index (χ0) is 20.9. The molecule has 1 saturated carbocycles.